The smallest absolute Gasteiger partial charge is 0.410 e. The maximum Gasteiger partial charge on any atom is 0.410 e. The van der Waals surface area contributed by atoms with Crippen LogP contribution >= 0.6 is 11.6 Å². The van der Waals surface area contributed by atoms with Crippen LogP contribution in [0, 0.1) is 0 Å². The average Bonchev–Trinajstić information content (AvgIpc) is 2.61. The van der Waals surface area contributed by atoms with Gasteiger partial charge in [-0.1, -0.05) is 30.3 Å². The molecule has 1 fully saturated rings. The molecule has 6 heteroatoms. The van der Waals surface area contributed by atoms with E-state index in [1.807, 2.05) is 37.3 Å². The van der Waals surface area contributed by atoms with Gasteiger partial charge in [-0.15, -0.1) is 11.6 Å². The number of likely N-dealkylation sites (N-methyl/N-ethyl adjacent to an activating group) is 1. The number of hydrogen-bond acceptors (Lipinski definition) is 3. The number of hydrogen-bond donors (Lipinski definition) is 0. The Morgan fingerprint density at radius 3 is 2.74 bits per heavy atom. The van der Waals surface area contributed by atoms with Gasteiger partial charge in [-0.2, -0.15) is 0 Å². The number of halogens is 1. The van der Waals surface area contributed by atoms with Gasteiger partial charge in [0.15, 0.2) is 0 Å². The molecule has 23 heavy (non-hydrogen) atoms. The number of amides is 2. The van der Waals surface area contributed by atoms with Crippen molar-refractivity contribution in [2.75, 3.05) is 25.5 Å². The van der Waals surface area contributed by atoms with Gasteiger partial charge in [0.25, 0.3) is 0 Å². The van der Waals surface area contributed by atoms with Crippen molar-refractivity contribution in [3.05, 3.63) is 35.9 Å². The number of alkyl halides is 1. The summed E-state index contributed by atoms with van der Waals surface area (Å²) in [5, 5.41) is 0. The molecule has 2 rings (SSSR count). The van der Waals surface area contributed by atoms with E-state index in [4.69, 9.17) is 16.3 Å². The van der Waals surface area contributed by atoms with Crippen LogP contribution in [0.4, 0.5) is 4.79 Å². The predicted octanol–water partition coefficient (Wildman–Crippen LogP) is 2.87. The second-order valence-electron chi connectivity index (χ2n) is 5.60. The fraction of sp³-hybridized carbons (Fsp3) is 0.529. The van der Waals surface area contributed by atoms with E-state index >= 15 is 0 Å². The Hall–Kier alpha value is -1.75. The number of nitrogens with zero attached hydrogens (tertiary/aromatic N) is 2. The van der Waals surface area contributed by atoms with Crippen LogP contribution in [0.2, 0.25) is 0 Å². The van der Waals surface area contributed by atoms with Crippen LogP contribution in [-0.2, 0) is 16.1 Å². The number of benzene rings is 1. The molecule has 1 aliphatic heterocycles. The highest BCUT2D eigenvalue weighted by Crippen LogP contribution is 2.17. The Bertz CT molecular complexity index is 524. The van der Waals surface area contributed by atoms with Crippen molar-refractivity contribution in [2.45, 2.75) is 32.4 Å². The van der Waals surface area contributed by atoms with Crippen LogP contribution in [0.1, 0.15) is 25.3 Å². The summed E-state index contributed by atoms with van der Waals surface area (Å²) in [6.07, 6.45) is 1.41. The molecule has 1 aromatic carbocycles. The molecule has 5 nitrogen and oxygen atoms in total. The van der Waals surface area contributed by atoms with E-state index in [2.05, 4.69) is 0 Å². The molecule has 0 aliphatic carbocycles. The lowest BCUT2D eigenvalue weighted by atomic mass is 10.0. The van der Waals surface area contributed by atoms with Crippen LogP contribution in [0.3, 0.4) is 0 Å². The van der Waals surface area contributed by atoms with Crippen LogP contribution < -0.4 is 0 Å². The molecule has 2 amide bonds. The summed E-state index contributed by atoms with van der Waals surface area (Å²) in [7, 11) is 0. The SMILES string of the molecule is CCN(C(=O)OCc1ccccc1)[C@@H]1CCCN(C(=O)CCl)C1. The number of likely N-dealkylation sites (tertiary alicyclic amines) is 1. The molecule has 0 saturated carbocycles. The zero-order valence-electron chi connectivity index (χ0n) is 13.4. The van der Waals surface area contributed by atoms with Crippen LogP contribution in [0.15, 0.2) is 30.3 Å². The van der Waals surface area contributed by atoms with Crippen LogP contribution in [0.25, 0.3) is 0 Å². The molecule has 0 aromatic heterocycles. The standard InChI is InChI=1S/C17H23ClN2O3/c1-2-20(15-9-6-10-19(12-15)16(21)11-18)17(22)23-13-14-7-4-3-5-8-14/h3-5,7-8,15H,2,6,9-13H2,1H3/t15-/m1/s1. The summed E-state index contributed by atoms with van der Waals surface area (Å²) in [6, 6.07) is 9.59. The van der Waals surface area contributed by atoms with E-state index < -0.39 is 0 Å². The minimum Gasteiger partial charge on any atom is -0.445 e. The van der Waals surface area contributed by atoms with Crippen LogP contribution in [-0.4, -0.2) is 53.4 Å². The Kier molecular flexibility index (Phi) is 6.71. The zero-order valence-corrected chi connectivity index (χ0v) is 14.2. The van der Waals surface area contributed by atoms with E-state index in [0.29, 0.717) is 19.6 Å². The quantitative estimate of drug-likeness (QED) is 0.776. The number of rotatable bonds is 5. The summed E-state index contributed by atoms with van der Waals surface area (Å²) in [5.74, 6) is -0.0952. The monoisotopic (exact) mass is 338 g/mol. The van der Waals surface area contributed by atoms with Gasteiger partial charge >= 0.3 is 6.09 Å². The third kappa shape index (κ3) is 4.86. The van der Waals surface area contributed by atoms with E-state index in [1.54, 1.807) is 9.80 Å². The highest BCUT2D eigenvalue weighted by molar-refractivity contribution is 6.27. The maximum absolute atomic E-state index is 12.4. The van der Waals surface area contributed by atoms with Crippen LogP contribution in [0.5, 0.6) is 0 Å². The minimum atomic E-state index is -0.332. The van der Waals surface area contributed by atoms with Gasteiger partial charge in [0, 0.05) is 19.6 Å². The lowest BCUT2D eigenvalue weighted by molar-refractivity contribution is -0.130. The molecule has 1 aliphatic rings. The van der Waals surface area contributed by atoms with Crippen molar-refractivity contribution >= 4 is 23.6 Å². The van der Waals surface area contributed by atoms with Crippen molar-refractivity contribution < 1.29 is 14.3 Å². The first-order valence-corrected chi connectivity index (χ1v) is 8.50. The average molecular weight is 339 g/mol. The summed E-state index contributed by atoms with van der Waals surface area (Å²) >= 11 is 5.63. The van der Waals surface area contributed by atoms with Gasteiger partial charge in [-0.05, 0) is 25.3 Å². The Morgan fingerprint density at radius 2 is 2.09 bits per heavy atom. The largest absolute Gasteiger partial charge is 0.445 e. The lowest BCUT2D eigenvalue weighted by Crippen LogP contribution is -2.52. The molecule has 1 heterocycles. The molecule has 0 radical (unpaired) electrons. The van der Waals surface area contributed by atoms with Gasteiger partial charge in [0.2, 0.25) is 5.91 Å². The topological polar surface area (TPSA) is 49.9 Å². The first-order chi connectivity index (χ1) is 11.2. The molecule has 0 N–H and O–H groups in total. The molecule has 1 saturated heterocycles. The molecular weight excluding hydrogens is 316 g/mol. The summed E-state index contributed by atoms with van der Waals surface area (Å²) in [5.41, 5.74) is 0.958. The van der Waals surface area contributed by atoms with Gasteiger partial charge in [0.1, 0.15) is 12.5 Å². The van der Waals surface area contributed by atoms with Crippen molar-refractivity contribution in [2.24, 2.45) is 0 Å². The second-order valence-corrected chi connectivity index (χ2v) is 5.86. The van der Waals surface area contributed by atoms with Gasteiger partial charge < -0.3 is 14.5 Å². The van der Waals surface area contributed by atoms with E-state index in [1.165, 1.54) is 0 Å². The number of carbonyl (C=O) groups excluding carboxylic acids is 2. The van der Waals surface area contributed by atoms with Gasteiger partial charge in [-0.25, -0.2) is 4.79 Å². The summed E-state index contributed by atoms with van der Waals surface area (Å²) in [4.78, 5) is 27.6. The minimum absolute atomic E-state index is 0.0100. The Morgan fingerprint density at radius 1 is 1.35 bits per heavy atom. The highest BCUT2D eigenvalue weighted by Gasteiger charge is 2.30. The number of carbonyl (C=O) groups is 2. The number of piperidine rings is 1. The molecular formula is C17H23ClN2O3. The Labute approximate surface area is 142 Å². The van der Waals surface area contributed by atoms with Crippen molar-refractivity contribution in [1.82, 2.24) is 9.80 Å². The van der Waals surface area contributed by atoms with Gasteiger partial charge in [0.05, 0.1) is 6.04 Å². The highest BCUT2D eigenvalue weighted by atomic mass is 35.5. The fourth-order valence-corrected chi connectivity index (χ4v) is 3.03. The molecule has 0 spiro atoms. The first-order valence-electron chi connectivity index (χ1n) is 7.96. The molecule has 0 bridgehead atoms. The second kappa shape index (κ2) is 8.77. The molecule has 126 valence electrons. The van der Waals surface area contributed by atoms with Gasteiger partial charge in [-0.3, -0.25) is 4.79 Å². The van der Waals surface area contributed by atoms with E-state index in [9.17, 15) is 9.59 Å². The number of ether oxygens (including phenoxy) is 1. The molecule has 0 unspecified atom stereocenters. The predicted molar refractivity (Wildman–Crippen MR) is 89.3 cm³/mol. The third-order valence-corrected chi connectivity index (χ3v) is 4.31. The maximum atomic E-state index is 12.4. The molecule has 1 aromatic rings. The van der Waals surface area contributed by atoms with E-state index in [-0.39, 0.29) is 30.5 Å². The zero-order chi connectivity index (χ0) is 16.7. The summed E-state index contributed by atoms with van der Waals surface area (Å²) in [6.45, 7) is 3.97. The van der Waals surface area contributed by atoms with Crippen molar-refractivity contribution in [1.29, 1.82) is 0 Å². The first kappa shape index (κ1) is 17.6. The van der Waals surface area contributed by atoms with Crippen molar-refractivity contribution in [3.63, 3.8) is 0 Å². The lowest BCUT2D eigenvalue weighted by Gasteiger charge is -2.38. The van der Waals surface area contributed by atoms with Crippen molar-refractivity contribution in [3.8, 4) is 0 Å². The Balaban J connectivity index is 1.92. The third-order valence-electron chi connectivity index (χ3n) is 4.08. The summed E-state index contributed by atoms with van der Waals surface area (Å²) < 4.78 is 5.41. The fourth-order valence-electron chi connectivity index (χ4n) is 2.86. The molecule has 1 atom stereocenters. The normalized spacial score (nSPS) is 17.7. The van der Waals surface area contributed by atoms with E-state index in [0.717, 1.165) is 18.4 Å².